The molecule has 7 nitrogen and oxygen atoms in total. The standard InChI is InChI=1S/C15H18N4O3/c1-11-3-2-4-15-14(11)5-6-17(15)9-13(20)10-18-8-12(7-16-18)19(21)22/h2-4,7-8,13,20H,5-6,9-10H2,1H3. The van der Waals surface area contributed by atoms with Crippen molar-refractivity contribution >= 4 is 11.4 Å². The first-order valence-corrected chi connectivity index (χ1v) is 7.23. The molecule has 0 bridgehead atoms. The first kappa shape index (κ1) is 14.5. The fraction of sp³-hybridized carbons (Fsp3) is 0.400. The molecule has 0 radical (unpaired) electrons. The number of rotatable bonds is 5. The summed E-state index contributed by atoms with van der Waals surface area (Å²) in [6, 6.07) is 6.19. The van der Waals surface area contributed by atoms with E-state index in [9.17, 15) is 15.2 Å². The number of aliphatic hydroxyl groups excluding tert-OH is 1. The first-order chi connectivity index (χ1) is 10.5. The van der Waals surface area contributed by atoms with Crippen LogP contribution in [0.25, 0.3) is 0 Å². The molecule has 3 rings (SSSR count). The van der Waals surface area contributed by atoms with Crippen LogP contribution in [0.1, 0.15) is 11.1 Å². The van der Waals surface area contributed by atoms with E-state index in [1.165, 1.54) is 33.9 Å². The molecule has 22 heavy (non-hydrogen) atoms. The molecule has 7 heteroatoms. The van der Waals surface area contributed by atoms with Crippen LogP contribution in [-0.4, -0.2) is 39.0 Å². The molecule has 0 aliphatic carbocycles. The summed E-state index contributed by atoms with van der Waals surface area (Å²) in [5.74, 6) is 0. The summed E-state index contributed by atoms with van der Waals surface area (Å²) in [4.78, 5) is 12.3. The molecule has 2 aromatic rings. The van der Waals surface area contributed by atoms with Crippen LogP contribution in [0.5, 0.6) is 0 Å². The van der Waals surface area contributed by atoms with Gasteiger partial charge in [-0.3, -0.25) is 14.8 Å². The fourth-order valence-corrected chi connectivity index (χ4v) is 2.94. The van der Waals surface area contributed by atoms with Crippen LogP contribution in [0.15, 0.2) is 30.6 Å². The van der Waals surface area contributed by atoms with Gasteiger partial charge in [0.2, 0.25) is 0 Å². The van der Waals surface area contributed by atoms with Crippen LogP contribution < -0.4 is 4.90 Å². The van der Waals surface area contributed by atoms with Gasteiger partial charge in [-0.1, -0.05) is 12.1 Å². The second kappa shape index (κ2) is 5.76. The second-order valence-electron chi connectivity index (χ2n) is 5.60. The van der Waals surface area contributed by atoms with Crippen molar-refractivity contribution in [2.45, 2.75) is 26.0 Å². The number of anilines is 1. The molecular weight excluding hydrogens is 284 g/mol. The molecule has 1 N–H and O–H groups in total. The zero-order valence-electron chi connectivity index (χ0n) is 12.3. The van der Waals surface area contributed by atoms with Gasteiger partial charge in [0.25, 0.3) is 0 Å². The maximum atomic E-state index is 10.6. The predicted molar refractivity (Wildman–Crippen MR) is 82.0 cm³/mol. The van der Waals surface area contributed by atoms with E-state index in [-0.39, 0.29) is 12.2 Å². The number of hydrogen-bond donors (Lipinski definition) is 1. The number of nitrogens with zero attached hydrogens (tertiary/aromatic N) is 4. The van der Waals surface area contributed by atoms with Crippen LogP contribution in [0, 0.1) is 17.0 Å². The van der Waals surface area contributed by atoms with Crippen molar-refractivity contribution in [2.24, 2.45) is 0 Å². The lowest BCUT2D eigenvalue weighted by Crippen LogP contribution is -2.33. The van der Waals surface area contributed by atoms with E-state index in [1.807, 2.05) is 6.07 Å². The molecule has 0 fully saturated rings. The number of fused-ring (bicyclic) bond motifs is 1. The molecule has 0 saturated heterocycles. The van der Waals surface area contributed by atoms with Gasteiger partial charge in [0.05, 0.1) is 17.6 Å². The van der Waals surface area contributed by atoms with Crippen molar-refractivity contribution < 1.29 is 10.0 Å². The molecule has 116 valence electrons. The zero-order chi connectivity index (χ0) is 15.7. The van der Waals surface area contributed by atoms with E-state index in [4.69, 9.17) is 0 Å². The zero-order valence-corrected chi connectivity index (χ0v) is 12.3. The second-order valence-corrected chi connectivity index (χ2v) is 5.60. The quantitative estimate of drug-likeness (QED) is 0.668. The Hall–Kier alpha value is -2.41. The highest BCUT2D eigenvalue weighted by Crippen LogP contribution is 2.30. The first-order valence-electron chi connectivity index (χ1n) is 7.23. The fourth-order valence-electron chi connectivity index (χ4n) is 2.94. The van der Waals surface area contributed by atoms with Gasteiger partial charge in [-0.15, -0.1) is 0 Å². The van der Waals surface area contributed by atoms with E-state index >= 15 is 0 Å². The number of β-amino-alcohol motifs (C(OH)–C–C–N with tert-alkyl or cyclic N) is 1. The SMILES string of the molecule is Cc1cccc2c1CCN2CC(O)Cn1cc([N+](=O)[O-])cn1. The average molecular weight is 302 g/mol. The molecule has 1 aliphatic heterocycles. The molecule has 1 aromatic carbocycles. The van der Waals surface area contributed by atoms with Crippen LogP contribution in [0.4, 0.5) is 11.4 Å². The van der Waals surface area contributed by atoms with Gasteiger partial charge in [0, 0.05) is 18.8 Å². The number of aromatic nitrogens is 2. The Morgan fingerprint density at radius 2 is 2.27 bits per heavy atom. The number of aryl methyl sites for hydroxylation is 1. The lowest BCUT2D eigenvalue weighted by molar-refractivity contribution is -0.385. The van der Waals surface area contributed by atoms with Crippen LogP contribution in [0.3, 0.4) is 0 Å². The topological polar surface area (TPSA) is 84.4 Å². The average Bonchev–Trinajstić information content (AvgIpc) is 3.07. The summed E-state index contributed by atoms with van der Waals surface area (Å²) < 4.78 is 1.41. The predicted octanol–water partition coefficient (Wildman–Crippen LogP) is 1.52. The molecule has 0 amide bonds. The Bertz CT molecular complexity index is 698. The molecule has 0 saturated carbocycles. The normalized spacial score (nSPS) is 14.9. The summed E-state index contributed by atoms with van der Waals surface area (Å²) in [5.41, 5.74) is 3.72. The lowest BCUT2D eigenvalue weighted by atomic mass is 10.1. The van der Waals surface area contributed by atoms with Crippen molar-refractivity contribution in [2.75, 3.05) is 18.0 Å². The molecular formula is C15H18N4O3. The highest BCUT2D eigenvalue weighted by molar-refractivity contribution is 5.60. The molecule has 2 heterocycles. The largest absolute Gasteiger partial charge is 0.389 e. The minimum absolute atomic E-state index is 0.0608. The summed E-state index contributed by atoms with van der Waals surface area (Å²) in [5, 5.41) is 24.8. The smallest absolute Gasteiger partial charge is 0.306 e. The number of hydrogen-bond acceptors (Lipinski definition) is 5. The maximum absolute atomic E-state index is 10.6. The molecule has 1 aromatic heterocycles. The van der Waals surface area contributed by atoms with Crippen molar-refractivity contribution in [1.82, 2.24) is 9.78 Å². The number of benzene rings is 1. The van der Waals surface area contributed by atoms with Gasteiger partial charge < -0.3 is 10.0 Å². The Morgan fingerprint density at radius 3 is 3.00 bits per heavy atom. The number of nitro groups is 1. The van der Waals surface area contributed by atoms with Crippen LogP contribution in [-0.2, 0) is 13.0 Å². The maximum Gasteiger partial charge on any atom is 0.306 e. The Balaban J connectivity index is 1.64. The van der Waals surface area contributed by atoms with Gasteiger partial charge >= 0.3 is 5.69 Å². The van der Waals surface area contributed by atoms with Crippen LogP contribution >= 0.6 is 0 Å². The highest BCUT2D eigenvalue weighted by atomic mass is 16.6. The minimum atomic E-state index is -0.633. The molecule has 1 atom stereocenters. The van der Waals surface area contributed by atoms with Crippen molar-refractivity contribution in [3.05, 3.63) is 51.8 Å². The monoisotopic (exact) mass is 302 g/mol. The Morgan fingerprint density at radius 1 is 1.45 bits per heavy atom. The summed E-state index contributed by atoms with van der Waals surface area (Å²) in [6.45, 7) is 3.72. The van der Waals surface area contributed by atoms with E-state index in [2.05, 4.69) is 29.1 Å². The van der Waals surface area contributed by atoms with Gasteiger partial charge in [-0.2, -0.15) is 5.10 Å². The lowest BCUT2D eigenvalue weighted by Gasteiger charge is -2.23. The third-order valence-corrected chi connectivity index (χ3v) is 4.02. The third kappa shape index (κ3) is 2.80. The Labute approximate surface area is 127 Å². The van der Waals surface area contributed by atoms with Crippen LogP contribution in [0.2, 0.25) is 0 Å². The highest BCUT2D eigenvalue weighted by Gasteiger charge is 2.22. The van der Waals surface area contributed by atoms with E-state index in [1.54, 1.807) is 0 Å². The van der Waals surface area contributed by atoms with Crippen molar-refractivity contribution in [1.29, 1.82) is 0 Å². The molecule has 0 spiro atoms. The Kier molecular flexibility index (Phi) is 3.81. The summed E-state index contributed by atoms with van der Waals surface area (Å²) in [7, 11) is 0. The van der Waals surface area contributed by atoms with E-state index in [0.29, 0.717) is 6.54 Å². The third-order valence-electron chi connectivity index (χ3n) is 4.02. The van der Waals surface area contributed by atoms with E-state index in [0.717, 1.165) is 13.0 Å². The van der Waals surface area contributed by atoms with Gasteiger partial charge in [0.1, 0.15) is 12.4 Å². The molecule has 1 aliphatic rings. The van der Waals surface area contributed by atoms with E-state index < -0.39 is 11.0 Å². The summed E-state index contributed by atoms with van der Waals surface area (Å²) in [6.07, 6.45) is 2.89. The number of aliphatic hydroxyl groups is 1. The molecule has 1 unspecified atom stereocenters. The van der Waals surface area contributed by atoms with Crippen molar-refractivity contribution in [3.63, 3.8) is 0 Å². The van der Waals surface area contributed by atoms with Crippen molar-refractivity contribution in [3.8, 4) is 0 Å². The van der Waals surface area contributed by atoms with Gasteiger partial charge in [-0.05, 0) is 30.5 Å². The summed E-state index contributed by atoms with van der Waals surface area (Å²) >= 11 is 0. The minimum Gasteiger partial charge on any atom is -0.389 e. The van der Waals surface area contributed by atoms with Gasteiger partial charge in [-0.25, -0.2) is 0 Å². The van der Waals surface area contributed by atoms with Gasteiger partial charge in [0.15, 0.2) is 0 Å².